The fraction of sp³-hybridized carbons (Fsp3) is 0.538. The molecule has 0 atom stereocenters. The second-order valence-electron chi connectivity index (χ2n) is 4.66. The summed E-state index contributed by atoms with van der Waals surface area (Å²) in [5.74, 6) is 0.587. The number of nitrogens with one attached hydrogen (secondary N) is 1. The number of hydrogen-bond acceptors (Lipinski definition) is 1. The van der Waals surface area contributed by atoms with Crippen molar-refractivity contribution in [3.8, 4) is 0 Å². The van der Waals surface area contributed by atoms with Crippen LogP contribution >= 0.6 is 11.6 Å². The molecule has 0 bridgehead atoms. The third-order valence-electron chi connectivity index (χ3n) is 2.57. The molecule has 0 aliphatic rings. The zero-order valence-corrected chi connectivity index (χ0v) is 11.2. The largest absolute Gasteiger partial charge is 0.416 e. The van der Waals surface area contributed by atoms with Crippen LogP contribution in [0, 0.1) is 5.92 Å². The normalized spacial score (nSPS) is 11.9. The number of rotatable bonds is 5. The van der Waals surface area contributed by atoms with E-state index >= 15 is 0 Å². The molecule has 0 radical (unpaired) electrons. The molecule has 18 heavy (non-hydrogen) atoms. The molecule has 0 heterocycles. The van der Waals surface area contributed by atoms with Gasteiger partial charge in [-0.25, -0.2) is 0 Å². The van der Waals surface area contributed by atoms with Crippen LogP contribution in [0.1, 0.15) is 32.3 Å². The highest BCUT2D eigenvalue weighted by Crippen LogP contribution is 2.33. The Balaban J connectivity index is 2.64. The van der Waals surface area contributed by atoms with Crippen molar-refractivity contribution in [2.45, 2.75) is 32.9 Å². The summed E-state index contributed by atoms with van der Waals surface area (Å²) in [6, 6.07) is 3.31. The molecule has 0 aromatic heterocycles. The van der Waals surface area contributed by atoms with Gasteiger partial charge in [0, 0.05) is 6.54 Å². The Bertz CT molecular complexity index is 388. The van der Waals surface area contributed by atoms with Crippen LogP contribution in [-0.4, -0.2) is 6.54 Å². The Kier molecular flexibility index (Phi) is 5.32. The molecule has 0 spiro atoms. The summed E-state index contributed by atoms with van der Waals surface area (Å²) in [6.45, 7) is 4.84. The van der Waals surface area contributed by atoms with Crippen molar-refractivity contribution in [1.82, 2.24) is 0 Å². The molecule has 102 valence electrons. The highest BCUT2D eigenvalue weighted by Gasteiger charge is 2.30. The summed E-state index contributed by atoms with van der Waals surface area (Å²) >= 11 is 5.86. The number of benzene rings is 1. The van der Waals surface area contributed by atoms with Crippen LogP contribution in [0.2, 0.25) is 5.02 Å². The van der Waals surface area contributed by atoms with Gasteiger partial charge in [-0.2, -0.15) is 13.2 Å². The van der Waals surface area contributed by atoms with Crippen LogP contribution in [-0.2, 0) is 6.18 Å². The lowest BCUT2D eigenvalue weighted by molar-refractivity contribution is -0.137. The lowest BCUT2D eigenvalue weighted by atomic mass is 10.1. The van der Waals surface area contributed by atoms with Crippen molar-refractivity contribution in [3.05, 3.63) is 28.8 Å². The number of halogens is 4. The molecule has 1 rings (SSSR count). The van der Waals surface area contributed by atoms with Crippen molar-refractivity contribution in [3.63, 3.8) is 0 Å². The second-order valence-corrected chi connectivity index (χ2v) is 5.06. The molecule has 0 amide bonds. The highest BCUT2D eigenvalue weighted by atomic mass is 35.5. The van der Waals surface area contributed by atoms with Gasteiger partial charge in [0.15, 0.2) is 0 Å². The van der Waals surface area contributed by atoms with Crippen LogP contribution in [0.15, 0.2) is 18.2 Å². The Morgan fingerprint density at radius 1 is 1.28 bits per heavy atom. The first-order valence-electron chi connectivity index (χ1n) is 5.91. The molecule has 0 aliphatic heterocycles. The van der Waals surface area contributed by atoms with Gasteiger partial charge in [0.1, 0.15) is 0 Å². The van der Waals surface area contributed by atoms with E-state index in [0.717, 1.165) is 25.0 Å². The monoisotopic (exact) mass is 279 g/mol. The standard InChI is InChI=1S/C13H17ClF3N/c1-9(2)4-3-7-18-12-8-10(13(15,16)17)5-6-11(12)14/h5-6,8-9,18H,3-4,7H2,1-2H3. The minimum Gasteiger partial charge on any atom is -0.384 e. The molecule has 0 fully saturated rings. The molecule has 0 saturated heterocycles. The Morgan fingerprint density at radius 2 is 1.94 bits per heavy atom. The predicted molar refractivity (Wildman–Crippen MR) is 69.0 cm³/mol. The lowest BCUT2D eigenvalue weighted by Gasteiger charge is -2.12. The van der Waals surface area contributed by atoms with Crippen LogP contribution in [0.4, 0.5) is 18.9 Å². The molecule has 1 aromatic carbocycles. The van der Waals surface area contributed by atoms with E-state index in [1.165, 1.54) is 6.07 Å². The van der Waals surface area contributed by atoms with E-state index in [1.54, 1.807) is 0 Å². The molecular formula is C13H17ClF3N. The maximum atomic E-state index is 12.5. The van der Waals surface area contributed by atoms with E-state index in [1.807, 2.05) is 0 Å². The van der Waals surface area contributed by atoms with Gasteiger partial charge < -0.3 is 5.32 Å². The lowest BCUT2D eigenvalue weighted by Crippen LogP contribution is -2.08. The summed E-state index contributed by atoms with van der Waals surface area (Å²) in [5.41, 5.74) is -0.339. The first kappa shape index (κ1) is 15.2. The Labute approximate surface area is 110 Å². The van der Waals surface area contributed by atoms with E-state index < -0.39 is 11.7 Å². The van der Waals surface area contributed by atoms with E-state index in [4.69, 9.17) is 11.6 Å². The number of alkyl halides is 3. The zero-order chi connectivity index (χ0) is 13.8. The molecule has 5 heteroatoms. The molecule has 1 N–H and O–H groups in total. The van der Waals surface area contributed by atoms with E-state index in [9.17, 15) is 13.2 Å². The third-order valence-corrected chi connectivity index (χ3v) is 2.90. The van der Waals surface area contributed by atoms with Gasteiger partial charge in [-0.15, -0.1) is 0 Å². The van der Waals surface area contributed by atoms with Crippen LogP contribution in [0.5, 0.6) is 0 Å². The van der Waals surface area contributed by atoms with Gasteiger partial charge in [0.25, 0.3) is 0 Å². The van der Waals surface area contributed by atoms with Crippen molar-refractivity contribution in [2.75, 3.05) is 11.9 Å². The van der Waals surface area contributed by atoms with Gasteiger partial charge in [0.05, 0.1) is 16.3 Å². The van der Waals surface area contributed by atoms with Crippen molar-refractivity contribution in [1.29, 1.82) is 0 Å². The first-order valence-corrected chi connectivity index (χ1v) is 6.29. The molecule has 0 unspecified atom stereocenters. The Hall–Kier alpha value is -0.900. The second kappa shape index (κ2) is 6.32. The van der Waals surface area contributed by atoms with Crippen molar-refractivity contribution >= 4 is 17.3 Å². The maximum absolute atomic E-state index is 12.5. The average molecular weight is 280 g/mol. The zero-order valence-electron chi connectivity index (χ0n) is 10.4. The topological polar surface area (TPSA) is 12.0 Å². The Morgan fingerprint density at radius 3 is 2.50 bits per heavy atom. The minimum atomic E-state index is -4.33. The summed E-state index contributed by atoms with van der Waals surface area (Å²) in [6.07, 6.45) is -2.40. The van der Waals surface area contributed by atoms with Gasteiger partial charge in [0.2, 0.25) is 0 Å². The molecule has 0 aliphatic carbocycles. The molecule has 0 saturated carbocycles. The third kappa shape index (κ3) is 4.77. The molecule has 1 aromatic rings. The SMILES string of the molecule is CC(C)CCCNc1cc(C(F)(F)F)ccc1Cl. The highest BCUT2D eigenvalue weighted by molar-refractivity contribution is 6.33. The van der Waals surface area contributed by atoms with E-state index in [0.29, 0.717) is 23.2 Å². The van der Waals surface area contributed by atoms with Gasteiger partial charge in [-0.3, -0.25) is 0 Å². The average Bonchev–Trinajstić information content (AvgIpc) is 2.24. The van der Waals surface area contributed by atoms with Crippen LogP contribution < -0.4 is 5.32 Å². The fourth-order valence-electron chi connectivity index (χ4n) is 1.57. The minimum absolute atomic E-state index is 0.313. The van der Waals surface area contributed by atoms with Crippen LogP contribution in [0.3, 0.4) is 0 Å². The number of hydrogen-bond donors (Lipinski definition) is 1. The summed E-state index contributed by atoms with van der Waals surface area (Å²) < 4.78 is 37.6. The van der Waals surface area contributed by atoms with E-state index in [-0.39, 0.29) is 0 Å². The predicted octanol–water partition coefficient (Wildman–Crippen LogP) is 5.21. The summed E-state index contributed by atoms with van der Waals surface area (Å²) in [4.78, 5) is 0. The molecular weight excluding hydrogens is 263 g/mol. The van der Waals surface area contributed by atoms with Gasteiger partial charge in [-0.1, -0.05) is 25.4 Å². The van der Waals surface area contributed by atoms with Crippen LogP contribution in [0.25, 0.3) is 0 Å². The maximum Gasteiger partial charge on any atom is 0.416 e. The molecule has 1 nitrogen and oxygen atoms in total. The quantitative estimate of drug-likeness (QED) is 0.730. The van der Waals surface area contributed by atoms with Gasteiger partial charge in [-0.05, 0) is 37.0 Å². The van der Waals surface area contributed by atoms with Crippen molar-refractivity contribution < 1.29 is 13.2 Å². The smallest absolute Gasteiger partial charge is 0.384 e. The fourth-order valence-corrected chi connectivity index (χ4v) is 1.75. The van der Waals surface area contributed by atoms with E-state index in [2.05, 4.69) is 19.2 Å². The van der Waals surface area contributed by atoms with Gasteiger partial charge >= 0.3 is 6.18 Å². The first-order chi connectivity index (χ1) is 8.30. The summed E-state index contributed by atoms with van der Waals surface area (Å²) in [5, 5.41) is 3.26. The number of anilines is 1. The summed E-state index contributed by atoms with van der Waals surface area (Å²) in [7, 11) is 0. The van der Waals surface area contributed by atoms with Crippen molar-refractivity contribution in [2.24, 2.45) is 5.92 Å².